The molecule has 0 fully saturated rings. The van der Waals surface area contributed by atoms with Gasteiger partial charge in [0.2, 0.25) is 5.96 Å². The van der Waals surface area contributed by atoms with E-state index in [1.807, 2.05) is 19.9 Å². The molecule has 27 heavy (non-hydrogen) atoms. The zero-order valence-corrected chi connectivity index (χ0v) is 16.0. The van der Waals surface area contributed by atoms with Gasteiger partial charge < -0.3 is 9.47 Å². The van der Waals surface area contributed by atoms with E-state index >= 15 is 0 Å². The van der Waals surface area contributed by atoms with Crippen molar-refractivity contribution in [3.05, 3.63) is 72.9 Å². The number of aliphatic imine (C=N–C) groups is 1. The van der Waals surface area contributed by atoms with Crippen molar-refractivity contribution < 1.29 is 19.1 Å². The molecule has 0 atom stereocenters. The van der Waals surface area contributed by atoms with E-state index in [0.717, 1.165) is 11.1 Å². The molecular formula is C20H27N3O4. The summed E-state index contributed by atoms with van der Waals surface area (Å²) in [6, 6.07) is 0. The van der Waals surface area contributed by atoms with Crippen LogP contribution in [0.1, 0.15) is 13.8 Å². The number of alkyl carbamates (subject to hydrolysis) is 2. The third kappa shape index (κ3) is 12.6. The van der Waals surface area contributed by atoms with Crippen molar-refractivity contribution >= 4 is 18.1 Å². The van der Waals surface area contributed by atoms with Gasteiger partial charge in [-0.05, 0) is 25.0 Å². The highest BCUT2D eigenvalue weighted by Gasteiger charge is 2.11. The Kier molecular flexibility index (Phi) is 13.1. The van der Waals surface area contributed by atoms with Crippen LogP contribution in [0.15, 0.2) is 77.9 Å². The van der Waals surface area contributed by atoms with E-state index in [9.17, 15) is 9.59 Å². The summed E-state index contributed by atoms with van der Waals surface area (Å²) in [7, 11) is 1.41. The van der Waals surface area contributed by atoms with E-state index in [-0.39, 0.29) is 19.2 Å². The van der Waals surface area contributed by atoms with Crippen LogP contribution >= 0.6 is 0 Å². The summed E-state index contributed by atoms with van der Waals surface area (Å²) < 4.78 is 10.1. The molecule has 0 bridgehead atoms. The quantitative estimate of drug-likeness (QED) is 0.385. The average Bonchev–Trinajstić information content (AvgIpc) is 2.64. The number of guanidine groups is 1. The van der Waals surface area contributed by atoms with E-state index in [1.54, 1.807) is 42.5 Å². The lowest BCUT2D eigenvalue weighted by Crippen LogP contribution is -2.44. The number of hydrogen-bond acceptors (Lipinski definition) is 5. The number of carbonyl (C=O) groups excluding carboxylic acids is 2. The smallest absolute Gasteiger partial charge is 0.414 e. The van der Waals surface area contributed by atoms with Crippen molar-refractivity contribution in [3.63, 3.8) is 0 Å². The molecule has 7 nitrogen and oxygen atoms in total. The van der Waals surface area contributed by atoms with E-state index in [2.05, 4.69) is 28.8 Å². The Morgan fingerprint density at radius 2 is 1.63 bits per heavy atom. The summed E-state index contributed by atoms with van der Waals surface area (Å²) in [6.45, 7) is 11.0. The molecule has 0 aliphatic heterocycles. The molecule has 0 spiro atoms. The molecule has 2 amide bonds. The third-order valence-corrected chi connectivity index (χ3v) is 2.81. The number of allylic oxidation sites excluding steroid dienone is 7. The molecule has 0 radical (unpaired) electrons. The first-order valence-corrected chi connectivity index (χ1v) is 8.20. The van der Waals surface area contributed by atoms with Gasteiger partial charge in [-0.3, -0.25) is 15.6 Å². The number of carbonyl (C=O) groups is 2. The topological polar surface area (TPSA) is 89.0 Å². The van der Waals surface area contributed by atoms with Crippen LogP contribution in [0.5, 0.6) is 0 Å². The van der Waals surface area contributed by atoms with Crippen LogP contribution < -0.4 is 10.6 Å². The van der Waals surface area contributed by atoms with Crippen LogP contribution in [0, 0.1) is 0 Å². The van der Waals surface area contributed by atoms with Crippen molar-refractivity contribution in [1.29, 1.82) is 0 Å². The van der Waals surface area contributed by atoms with Crippen LogP contribution in [0.25, 0.3) is 0 Å². The van der Waals surface area contributed by atoms with Crippen molar-refractivity contribution in [2.45, 2.75) is 13.8 Å². The molecule has 0 aromatic heterocycles. The Morgan fingerprint density at radius 3 is 2.15 bits per heavy atom. The molecule has 0 saturated heterocycles. The summed E-state index contributed by atoms with van der Waals surface area (Å²) in [5.74, 6) is -0.0848. The second-order valence-electron chi connectivity index (χ2n) is 5.09. The molecule has 2 N–H and O–H groups in total. The molecule has 0 aromatic carbocycles. The first-order chi connectivity index (χ1) is 13.0. The van der Waals surface area contributed by atoms with Crippen LogP contribution in [0.4, 0.5) is 9.59 Å². The summed E-state index contributed by atoms with van der Waals surface area (Å²) in [5.41, 5.74) is 1.59. The lowest BCUT2D eigenvalue weighted by molar-refractivity contribution is 0.158. The Balaban J connectivity index is 4.46. The summed E-state index contributed by atoms with van der Waals surface area (Å²) in [6.07, 6.45) is 12.4. The summed E-state index contributed by atoms with van der Waals surface area (Å²) in [5, 5.41) is 4.66. The van der Waals surface area contributed by atoms with Gasteiger partial charge in [0.25, 0.3) is 0 Å². The zero-order valence-electron chi connectivity index (χ0n) is 16.0. The van der Waals surface area contributed by atoms with Gasteiger partial charge in [-0.2, -0.15) is 0 Å². The molecule has 0 unspecified atom stereocenters. The van der Waals surface area contributed by atoms with Crippen LogP contribution in [-0.2, 0) is 9.47 Å². The number of rotatable bonds is 8. The molecule has 7 heteroatoms. The van der Waals surface area contributed by atoms with E-state index in [4.69, 9.17) is 9.47 Å². The van der Waals surface area contributed by atoms with Gasteiger partial charge in [-0.15, -0.1) is 0 Å². The Morgan fingerprint density at radius 1 is 1.00 bits per heavy atom. The maximum absolute atomic E-state index is 11.8. The van der Waals surface area contributed by atoms with Gasteiger partial charge in [0.1, 0.15) is 13.2 Å². The first-order valence-electron chi connectivity index (χ1n) is 8.20. The molecular weight excluding hydrogens is 346 g/mol. The highest BCUT2D eigenvalue weighted by Crippen LogP contribution is 1.99. The Bertz CT molecular complexity index is 671. The van der Waals surface area contributed by atoms with Gasteiger partial charge in [0.15, 0.2) is 0 Å². The second-order valence-corrected chi connectivity index (χ2v) is 5.09. The van der Waals surface area contributed by atoms with E-state index < -0.39 is 12.2 Å². The lowest BCUT2D eigenvalue weighted by atomic mass is 10.2. The monoisotopic (exact) mass is 373 g/mol. The Labute approximate surface area is 160 Å². The first kappa shape index (κ1) is 23.7. The molecule has 0 aliphatic carbocycles. The van der Waals surface area contributed by atoms with E-state index in [0.29, 0.717) is 0 Å². The number of hydrogen-bond donors (Lipinski definition) is 2. The zero-order chi connectivity index (χ0) is 20.5. The third-order valence-electron chi connectivity index (χ3n) is 2.81. The molecule has 0 saturated carbocycles. The number of amides is 2. The number of ether oxygens (including phenoxy) is 2. The van der Waals surface area contributed by atoms with Crippen molar-refractivity contribution in [2.24, 2.45) is 4.99 Å². The van der Waals surface area contributed by atoms with Crippen LogP contribution in [0.2, 0.25) is 0 Å². The van der Waals surface area contributed by atoms with Crippen LogP contribution in [-0.4, -0.2) is 38.4 Å². The highest BCUT2D eigenvalue weighted by atomic mass is 16.6. The Hall–Kier alpha value is -3.35. The van der Waals surface area contributed by atoms with Crippen molar-refractivity contribution in [3.8, 4) is 0 Å². The van der Waals surface area contributed by atoms with Gasteiger partial charge in [0, 0.05) is 7.05 Å². The van der Waals surface area contributed by atoms with Gasteiger partial charge in [-0.25, -0.2) is 9.59 Å². The highest BCUT2D eigenvalue weighted by molar-refractivity contribution is 6.01. The number of nitrogens with one attached hydrogen (secondary N) is 2. The normalized spacial score (nSPS) is 12.8. The predicted octanol–water partition coefficient (Wildman–Crippen LogP) is 3.80. The van der Waals surface area contributed by atoms with Crippen molar-refractivity contribution in [1.82, 2.24) is 10.6 Å². The van der Waals surface area contributed by atoms with Gasteiger partial charge >= 0.3 is 12.2 Å². The fourth-order valence-corrected chi connectivity index (χ4v) is 1.60. The maximum atomic E-state index is 11.8. The van der Waals surface area contributed by atoms with Gasteiger partial charge in [-0.1, -0.05) is 61.8 Å². The maximum Gasteiger partial charge on any atom is 0.414 e. The fourth-order valence-electron chi connectivity index (χ4n) is 1.60. The predicted molar refractivity (Wildman–Crippen MR) is 109 cm³/mol. The number of nitrogens with zero attached hydrogens (tertiary/aromatic N) is 1. The summed E-state index contributed by atoms with van der Waals surface area (Å²) in [4.78, 5) is 27.3. The van der Waals surface area contributed by atoms with E-state index in [1.165, 1.54) is 7.05 Å². The minimum absolute atomic E-state index is 0.0475. The lowest BCUT2D eigenvalue weighted by Gasteiger charge is -2.11. The minimum atomic E-state index is -0.763. The average molecular weight is 373 g/mol. The minimum Gasteiger partial charge on any atom is -0.445 e. The van der Waals surface area contributed by atoms with Gasteiger partial charge in [0.05, 0.1) is 0 Å². The SMILES string of the molecule is C=C/C=C\C=C(/C)COC(=O)NC(=NC)NC(=O)OCC(/C=C\C)=C/C=C. The molecule has 0 aromatic rings. The van der Waals surface area contributed by atoms with Crippen molar-refractivity contribution in [2.75, 3.05) is 20.3 Å². The molecule has 146 valence electrons. The molecule has 0 rings (SSSR count). The molecule has 0 heterocycles. The summed E-state index contributed by atoms with van der Waals surface area (Å²) >= 11 is 0. The fraction of sp³-hybridized carbons (Fsp3) is 0.250. The second kappa shape index (κ2) is 14.9. The molecule has 0 aliphatic rings. The van der Waals surface area contributed by atoms with Crippen LogP contribution in [0.3, 0.4) is 0 Å². The standard InChI is InChI=1S/C20H27N3O4/c1-6-9-10-13-16(4)14-26-19(24)22-18(21-5)23-20(25)27-15-17(11-7-2)12-8-3/h6-13H,1-2,14-15H2,3-5H3,(H2,21,22,23,24,25)/b10-9-,12-8-,16-13+,17-11+. The largest absolute Gasteiger partial charge is 0.445 e.